The number of pyridine rings is 1. The van der Waals surface area contributed by atoms with E-state index in [0.717, 1.165) is 61.4 Å². The summed E-state index contributed by atoms with van der Waals surface area (Å²) in [6.07, 6.45) is 7.43. The highest BCUT2D eigenvalue weighted by molar-refractivity contribution is 7.89. The summed E-state index contributed by atoms with van der Waals surface area (Å²) < 4.78 is 39.5. The first-order valence-corrected chi connectivity index (χ1v) is 14.0. The van der Waals surface area contributed by atoms with Gasteiger partial charge in [-0.15, -0.1) is 0 Å². The second-order valence-corrected chi connectivity index (χ2v) is 11.4. The van der Waals surface area contributed by atoms with Gasteiger partial charge in [0.25, 0.3) is 0 Å². The molecule has 3 aromatic rings. The lowest BCUT2D eigenvalue weighted by atomic mass is 10.00. The number of sulfonamides is 1. The second-order valence-electron chi connectivity index (χ2n) is 9.42. The molecule has 7 nitrogen and oxygen atoms in total. The van der Waals surface area contributed by atoms with E-state index >= 15 is 0 Å². The van der Waals surface area contributed by atoms with Crippen molar-refractivity contribution in [2.75, 3.05) is 33.3 Å². The molecule has 2 aliphatic heterocycles. The van der Waals surface area contributed by atoms with Crippen LogP contribution in [0.3, 0.4) is 0 Å². The van der Waals surface area contributed by atoms with Crippen LogP contribution in [0.15, 0.2) is 78.0 Å². The zero-order chi connectivity index (χ0) is 25.0. The van der Waals surface area contributed by atoms with Crippen molar-refractivity contribution in [3.63, 3.8) is 0 Å². The lowest BCUT2D eigenvalue weighted by Crippen LogP contribution is -2.50. The molecule has 2 fully saturated rings. The van der Waals surface area contributed by atoms with Gasteiger partial charge in [0, 0.05) is 44.6 Å². The number of aromatic nitrogens is 1. The Bertz CT molecular complexity index is 1220. The maximum Gasteiger partial charge on any atom is 0.243 e. The van der Waals surface area contributed by atoms with E-state index in [1.165, 1.54) is 0 Å². The number of hydrogen-bond acceptors (Lipinski definition) is 6. The van der Waals surface area contributed by atoms with E-state index in [1.54, 1.807) is 35.9 Å². The molecule has 8 heteroatoms. The van der Waals surface area contributed by atoms with Crippen LogP contribution in [0.25, 0.3) is 11.1 Å². The third-order valence-electron chi connectivity index (χ3n) is 7.28. The summed E-state index contributed by atoms with van der Waals surface area (Å²) in [5, 5.41) is 0. The van der Waals surface area contributed by atoms with Crippen molar-refractivity contribution in [1.29, 1.82) is 0 Å². The fourth-order valence-corrected chi connectivity index (χ4v) is 6.64. The quantitative estimate of drug-likeness (QED) is 0.470. The van der Waals surface area contributed by atoms with Crippen LogP contribution in [0.5, 0.6) is 11.5 Å². The molecule has 36 heavy (non-hydrogen) atoms. The molecule has 0 unspecified atom stereocenters. The predicted octanol–water partition coefficient (Wildman–Crippen LogP) is 4.45. The van der Waals surface area contributed by atoms with E-state index in [4.69, 9.17) is 9.47 Å². The summed E-state index contributed by atoms with van der Waals surface area (Å²) in [4.78, 5) is 6.91. The summed E-state index contributed by atoms with van der Waals surface area (Å²) in [5.74, 6) is 1.67. The first-order valence-electron chi connectivity index (χ1n) is 12.6. The van der Waals surface area contributed by atoms with Crippen LogP contribution < -0.4 is 9.47 Å². The van der Waals surface area contributed by atoms with Gasteiger partial charge >= 0.3 is 0 Å². The lowest BCUT2D eigenvalue weighted by Gasteiger charge is -2.41. The number of benzene rings is 2. The van der Waals surface area contributed by atoms with Gasteiger partial charge < -0.3 is 14.4 Å². The van der Waals surface area contributed by atoms with Crippen LogP contribution in [0.2, 0.25) is 0 Å². The third kappa shape index (κ3) is 5.56. The average molecular weight is 508 g/mol. The summed E-state index contributed by atoms with van der Waals surface area (Å²) in [6.45, 7) is 3.08. The minimum absolute atomic E-state index is 0.227. The normalized spacial score (nSPS) is 18.7. The SMILES string of the molecule is COc1ccc(-c2ccc(S(=O)(=O)N3CCC(N4CCC(Oc5ccncc5)CC4)CC3)cc2)cc1. The van der Waals surface area contributed by atoms with Gasteiger partial charge in [0.1, 0.15) is 17.6 Å². The second kappa shape index (κ2) is 11.0. The Morgan fingerprint density at radius 1 is 0.750 bits per heavy atom. The summed E-state index contributed by atoms with van der Waals surface area (Å²) in [6, 6.07) is 19.2. The number of hydrogen-bond donors (Lipinski definition) is 0. The first kappa shape index (κ1) is 24.7. The Kier molecular flexibility index (Phi) is 7.55. The van der Waals surface area contributed by atoms with E-state index in [2.05, 4.69) is 9.88 Å². The van der Waals surface area contributed by atoms with Crippen molar-refractivity contribution in [1.82, 2.24) is 14.2 Å². The molecule has 0 spiro atoms. The minimum Gasteiger partial charge on any atom is -0.497 e. The Morgan fingerprint density at radius 2 is 1.33 bits per heavy atom. The van der Waals surface area contributed by atoms with Gasteiger partial charge in [0.05, 0.1) is 12.0 Å². The van der Waals surface area contributed by atoms with Crippen LogP contribution in [0, 0.1) is 0 Å². The van der Waals surface area contributed by atoms with Crippen molar-refractivity contribution in [2.24, 2.45) is 0 Å². The lowest BCUT2D eigenvalue weighted by molar-refractivity contribution is 0.0585. The highest BCUT2D eigenvalue weighted by Crippen LogP contribution is 2.28. The Labute approximate surface area is 213 Å². The standard InChI is InChI=1S/C28H33N3O4S/c1-34-25-6-2-22(3-7-25)23-4-8-28(9-5-23)36(32,33)31-20-12-24(13-21-31)30-18-14-27(15-19-30)35-26-10-16-29-17-11-26/h2-11,16-17,24,27H,12-15,18-21H2,1H3. The van der Waals surface area contributed by atoms with Gasteiger partial charge in [-0.25, -0.2) is 8.42 Å². The number of methoxy groups -OCH3 is 1. The molecule has 0 atom stereocenters. The van der Waals surface area contributed by atoms with E-state index < -0.39 is 10.0 Å². The Hall–Kier alpha value is -2.94. The van der Waals surface area contributed by atoms with E-state index in [0.29, 0.717) is 24.0 Å². The van der Waals surface area contributed by atoms with Gasteiger partial charge in [0.2, 0.25) is 10.0 Å². The zero-order valence-electron chi connectivity index (χ0n) is 20.6. The summed E-state index contributed by atoms with van der Waals surface area (Å²) >= 11 is 0. The number of nitrogens with zero attached hydrogens (tertiary/aromatic N) is 3. The molecule has 0 radical (unpaired) electrons. The molecule has 190 valence electrons. The minimum atomic E-state index is -3.50. The van der Waals surface area contributed by atoms with Gasteiger partial charge in [-0.2, -0.15) is 4.31 Å². The summed E-state index contributed by atoms with van der Waals surface area (Å²) in [5.41, 5.74) is 2.00. The maximum atomic E-state index is 13.3. The molecule has 0 saturated carbocycles. The van der Waals surface area contributed by atoms with Gasteiger partial charge in [-0.3, -0.25) is 4.98 Å². The van der Waals surface area contributed by atoms with Gasteiger partial charge in [-0.05, 0) is 73.2 Å². The van der Waals surface area contributed by atoms with Crippen molar-refractivity contribution in [2.45, 2.75) is 42.7 Å². The maximum absolute atomic E-state index is 13.3. The molecule has 3 heterocycles. The molecular formula is C28H33N3O4S. The number of rotatable bonds is 7. The third-order valence-corrected chi connectivity index (χ3v) is 9.20. The Morgan fingerprint density at radius 3 is 1.92 bits per heavy atom. The molecule has 2 saturated heterocycles. The monoisotopic (exact) mass is 507 g/mol. The van der Waals surface area contributed by atoms with Gasteiger partial charge in [0.15, 0.2) is 0 Å². The van der Waals surface area contributed by atoms with Crippen LogP contribution in [-0.4, -0.2) is 68.0 Å². The number of ether oxygens (including phenoxy) is 2. The zero-order valence-corrected chi connectivity index (χ0v) is 21.4. The Balaban J connectivity index is 1.14. The smallest absolute Gasteiger partial charge is 0.243 e. The molecule has 0 bridgehead atoms. The number of piperidine rings is 2. The van der Waals surface area contributed by atoms with Crippen LogP contribution in [0.4, 0.5) is 0 Å². The van der Waals surface area contributed by atoms with Crippen LogP contribution in [-0.2, 0) is 10.0 Å². The molecule has 1 aromatic heterocycles. The molecule has 0 N–H and O–H groups in total. The molecule has 2 aromatic carbocycles. The van der Waals surface area contributed by atoms with Crippen LogP contribution >= 0.6 is 0 Å². The van der Waals surface area contributed by atoms with E-state index in [9.17, 15) is 8.42 Å². The molecule has 0 aliphatic carbocycles. The van der Waals surface area contributed by atoms with Crippen molar-refractivity contribution in [3.8, 4) is 22.6 Å². The largest absolute Gasteiger partial charge is 0.497 e. The first-order chi connectivity index (χ1) is 17.5. The van der Waals surface area contributed by atoms with E-state index in [-0.39, 0.29) is 6.10 Å². The molecule has 0 amide bonds. The van der Waals surface area contributed by atoms with Crippen molar-refractivity contribution >= 4 is 10.0 Å². The van der Waals surface area contributed by atoms with E-state index in [1.807, 2.05) is 48.5 Å². The predicted molar refractivity (Wildman–Crippen MR) is 140 cm³/mol. The topological polar surface area (TPSA) is 72.0 Å². The average Bonchev–Trinajstić information content (AvgIpc) is 2.94. The number of likely N-dealkylation sites (tertiary alicyclic amines) is 1. The van der Waals surface area contributed by atoms with Crippen molar-refractivity contribution < 1.29 is 17.9 Å². The molecule has 2 aliphatic rings. The van der Waals surface area contributed by atoms with Gasteiger partial charge in [-0.1, -0.05) is 24.3 Å². The summed E-state index contributed by atoms with van der Waals surface area (Å²) in [7, 11) is -1.86. The molecular weight excluding hydrogens is 474 g/mol. The fraction of sp³-hybridized carbons (Fsp3) is 0.393. The fourth-order valence-electron chi connectivity index (χ4n) is 5.17. The highest BCUT2D eigenvalue weighted by atomic mass is 32.2. The highest BCUT2D eigenvalue weighted by Gasteiger charge is 2.33. The molecule has 5 rings (SSSR count). The van der Waals surface area contributed by atoms with Crippen LogP contribution in [0.1, 0.15) is 25.7 Å². The van der Waals surface area contributed by atoms with Crippen molar-refractivity contribution in [3.05, 3.63) is 73.1 Å².